The van der Waals surface area contributed by atoms with E-state index in [1.54, 1.807) is 6.92 Å². The highest BCUT2D eigenvalue weighted by Gasteiger charge is 2.18. The van der Waals surface area contributed by atoms with Gasteiger partial charge in [0.05, 0.1) is 6.04 Å². The summed E-state index contributed by atoms with van der Waals surface area (Å²) in [7, 11) is 0. The number of rotatable bonds is 5. The summed E-state index contributed by atoms with van der Waals surface area (Å²) in [5, 5.41) is 3.01. The Hall–Kier alpha value is -2.29. The van der Waals surface area contributed by atoms with E-state index < -0.39 is 6.10 Å². The van der Waals surface area contributed by atoms with Crippen LogP contribution in [0.4, 0.5) is 0 Å². The Bertz CT molecular complexity index is 637. The lowest BCUT2D eigenvalue weighted by Gasteiger charge is -2.20. The van der Waals surface area contributed by atoms with Gasteiger partial charge in [0.15, 0.2) is 6.10 Å². The van der Waals surface area contributed by atoms with Gasteiger partial charge in [-0.25, -0.2) is 0 Å². The van der Waals surface area contributed by atoms with E-state index >= 15 is 0 Å². The van der Waals surface area contributed by atoms with E-state index in [4.69, 9.17) is 4.74 Å². The van der Waals surface area contributed by atoms with Crippen molar-refractivity contribution >= 4 is 5.91 Å². The molecule has 0 fully saturated rings. The third-order valence-corrected chi connectivity index (χ3v) is 3.68. The Balaban J connectivity index is 1.98. The van der Waals surface area contributed by atoms with Crippen LogP contribution in [0.3, 0.4) is 0 Å². The summed E-state index contributed by atoms with van der Waals surface area (Å²) in [6, 6.07) is 15.6. The van der Waals surface area contributed by atoms with Crippen LogP contribution in [0.1, 0.15) is 36.6 Å². The van der Waals surface area contributed by atoms with E-state index in [0.717, 1.165) is 5.56 Å². The number of benzene rings is 2. The number of nitrogens with one attached hydrogen (secondary N) is 1. The molecule has 2 aromatic carbocycles. The second kappa shape index (κ2) is 7.12. The van der Waals surface area contributed by atoms with Crippen LogP contribution in [0.2, 0.25) is 0 Å². The van der Waals surface area contributed by atoms with Crippen molar-refractivity contribution < 1.29 is 9.53 Å². The van der Waals surface area contributed by atoms with Gasteiger partial charge >= 0.3 is 0 Å². The lowest BCUT2D eigenvalue weighted by atomic mass is 10.0. The quantitative estimate of drug-likeness (QED) is 0.907. The third-order valence-electron chi connectivity index (χ3n) is 3.68. The summed E-state index contributed by atoms with van der Waals surface area (Å²) in [4.78, 5) is 12.3. The number of amides is 1. The fourth-order valence-corrected chi connectivity index (χ4v) is 2.48. The number of hydrogen-bond donors (Lipinski definition) is 1. The van der Waals surface area contributed by atoms with E-state index in [2.05, 4.69) is 37.4 Å². The molecule has 22 heavy (non-hydrogen) atoms. The lowest BCUT2D eigenvalue weighted by molar-refractivity contribution is -0.127. The largest absolute Gasteiger partial charge is 0.481 e. The molecule has 0 aliphatic heterocycles. The Morgan fingerprint density at radius 1 is 1.05 bits per heavy atom. The number of ether oxygens (including phenoxy) is 1. The summed E-state index contributed by atoms with van der Waals surface area (Å²) in [5.74, 6) is 0.584. The van der Waals surface area contributed by atoms with Gasteiger partial charge < -0.3 is 10.1 Å². The molecule has 0 aliphatic rings. The van der Waals surface area contributed by atoms with Crippen LogP contribution in [-0.4, -0.2) is 12.0 Å². The molecule has 0 saturated heterocycles. The minimum absolute atomic E-state index is 0.0464. The zero-order chi connectivity index (χ0) is 16.1. The molecule has 1 N–H and O–H groups in total. The van der Waals surface area contributed by atoms with Crippen molar-refractivity contribution in [3.63, 3.8) is 0 Å². The maximum Gasteiger partial charge on any atom is 0.261 e. The topological polar surface area (TPSA) is 38.3 Å². The van der Waals surface area contributed by atoms with Crippen LogP contribution >= 0.6 is 0 Å². The molecular formula is C19H23NO2. The SMILES string of the molecule is Cc1ccc([C@H](C)NC(=O)[C@@H](C)Oc2ccccc2)c(C)c1. The van der Waals surface area contributed by atoms with Gasteiger partial charge in [0.1, 0.15) is 5.75 Å². The summed E-state index contributed by atoms with van der Waals surface area (Å²) in [6.45, 7) is 7.88. The van der Waals surface area contributed by atoms with Gasteiger partial charge in [0, 0.05) is 0 Å². The van der Waals surface area contributed by atoms with E-state index in [-0.39, 0.29) is 11.9 Å². The molecule has 0 aliphatic carbocycles. The zero-order valence-corrected chi connectivity index (χ0v) is 13.6. The van der Waals surface area contributed by atoms with Crippen molar-refractivity contribution in [3.8, 4) is 5.75 Å². The fraction of sp³-hybridized carbons (Fsp3) is 0.316. The Kier molecular flexibility index (Phi) is 5.21. The van der Waals surface area contributed by atoms with Crippen molar-refractivity contribution in [2.24, 2.45) is 0 Å². The third kappa shape index (κ3) is 4.10. The number of para-hydroxylation sites is 1. The standard InChI is InChI=1S/C19H23NO2/c1-13-10-11-18(14(2)12-13)15(3)20-19(21)16(4)22-17-8-6-5-7-9-17/h5-12,15-16H,1-4H3,(H,20,21)/t15-,16+/m0/s1. The second-order valence-electron chi connectivity index (χ2n) is 5.66. The molecule has 3 nitrogen and oxygen atoms in total. The van der Waals surface area contributed by atoms with Gasteiger partial charge in [-0.1, -0.05) is 42.0 Å². The fourth-order valence-electron chi connectivity index (χ4n) is 2.48. The molecule has 0 unspecified atom stereocenters. The maximum atomic E-state index is 12.3. The smallest absolute Gasteiger partial charge is 0.261 e. The Labute approximate surface area is 132 Å². The molecular weight excluding hydrogens is 274 g/mol. The van der Waals surface area contributed by atoms with Gasteiger partial charge in [-0.15, -0.1) is 0 Å². The summed E-state index contributed by atoms with van der Waals surface area (Å²) < 4.78 is 5.65. The number of hydrogen-bond acceptors (Lipinski definition) is 2. The van der Waals surface area contributed by atoms with Gasteiger partial charge in [0.2, 0.25) is 0 Å². The van der Waals surface area contributed by atoms with Crippen LogP contribution in [0.5, 0.6) is 5.75 Å². The number of aryl methyl sites for hydroxylation is 2. The van der Waals surface area contributed by atoms with Crippen molar-refractivity contribution in [1.82, 2.24) is 5.32 Å². The molecule has 0 saturated carbocycles. The molecule has 2 aromatic rings. The zero-order valence-electron chi connectivity index (χ0n) is 13.6. The highest BCUT2D eigenvalue weighted by molar-refractivity contribution is 5.81. The molecule has 2 atom stereocenters. The van der Waals surface area contributed by atoms with E-state index in [1.807, 2.05) is 37.3 Å². The summed E-state index contributed by atoms with van der Waals surface area (Å²) in [6.07, 6.45) is -0.532. The summed E-state index contributed by atoms with van der Waals surface area (Å²) >= 11 is 0. The number of carbonyl (C=O) groups is 1. The van der Waals surface area contributed by atoms with Crippen molar-refractivity contribution in [2.45, 2.75) is 39.8 Å². The van der Waals surface area contributed by atoms with Gasteiger partial charge in [-0.2, -0.15) is 0 Å². The minimum atomic E-state index is -0.532. The maximum absolute atomic E-state index is 12.3. The van der Waals surface area contributed by atoms with Gasteiger partial charge in [0.25, 0.3) is 5.91 Å². The normalized spacial score (nSPS) is 13.3. The highest BCUT2D eigenvalue weighted by atomic mass is 16.5. The summed E-state index contributed by atoms with van der Waals surface area (Å²) in [5.41, 5.74) is 3.54. The molecule has 0 radical (unpaired) electrons. The highest BCUT2D eigenvalue weighted by Crippen LogP contribution is 2.19. The van der Waals surface area contributed by atoms with Crippen LogP contribution < -0.4 is 10.1 Å². The van der Waals surface area contributed by atoms with Crippen LogP contribution in [0, 0.1) is 13.8 Å². The first-order valence-corrected chi connectivity index (χ1v) is 7.56. The molecule has 0 bridgehead atoms. The predicted octanol–water partition coefficient (Wildman–Crippen LogP) is 3.95. The monoisotopic (exact) mass is 297 g/mol. The van der Waals surface area contributed by atoms with E-state index in [9.17, 15) is 4.79 Å². The Morgan fingerprint density at radius 3 is 2.36 bits per heavy atom. The molecule has 0 spiro atoms. The second-order valence-corrected chi connectivity index (χ2v) is 5.66. The molecule has 0 aromatic heterocycles. The van der Waals surface area contributed by atoms with Crippen molar-refractivity contribution in [2.75, 3.05) is 0 Å². The molecule has 0 heterocycles. The van der Waals surface area contributed by atoms with Crippen LogP contribution in [0.25, 0.3) is 0 Å². The first-order valence-electron chi connectivity index (χ1n) is 7.56. The first-order chi connectivity index (χ1) is 10.5. The molecule has 2 rings (SSSR count). The number of carbonyl (C=O) groups excluding carboxylic acids is 1. The van der Waals surface area contributed by atoms with E-state index in [1.165, 1.54) is 11.1 Å². The van der Waals surface area contributed by atoms with Crippen LogP contribution in [-0.2, 0) is 4.79 Å². The van der Waals surface area contributed by atoms with Gasteiger partial charge in [-0.05, 0) is 51.0 Å². The van der Waals surface area contributed by atoms with Crippen molar-refractivity contribution in [3.05, 3.63) is 65.2 Å². The molecule has 3 heteroatoms. The molecule has 1 amide bonds. The average Bonchev–Trinajstić information content (AvgIpc) is 2.47. The molecule has 116 valence electrons. The predicted molar refractivity (Wildman–Crippen MR) is 89.0 cm³/mol. The average molecular weight is 297 g/mol. The lowest BCUT2D eigenvalue weighted by Crippen LogP contribution is -2.37. The van der Waals surface area contributed by atoms with E-state index in [0.29, 0.717) is 5.75 Å². The Morgan fingerprint density at radius 2 is 1.73 bits per heavy atom. The van der Waals surface area contributed by atoms with Gasteiger partial charge in [-0.3, -0.25) is 4.79 Å². The first kappa shape index (κ1) is 16.1. The van der Waals surface area contributed by atoms with Crippen LogP contribution in [0.15, 0.2) is 48.5 Å². The minimum Gasteiger partial charge on any atom is -0.481 e. The van der Waals surface area contributed by atoms with Crippen molar-refractivity contribution in [1.29, 1.82) is 0 Å².